The average Bonchev–Trinajstić information content (AvgIpc) is 3.13. The van der Waals surface area contributed by atoms with Crippen LogP contribution in [0.25, 0.3) is 11.1 Å². The lowest BCUT2D eigenvalue weighted by Gasteiger charge is -2.31. The van der Waals surface area contributed by atoms with Crippen LogP contribution < -0.4 is 11.1 Å². The monoisotopic (exact) mass is 443 g/mol. The van der Waals surface area contributed by atoms with E-state index in [1.165, 1.54) is 22.5 Å². The Morgan fingerprint density at radius 2 is 2.03 bits per heavy atom. The van der Waals surface area contributed by atoms with E-state index in [9.17, 15) is 18.0 Å². The summed E-state index contributed by atoms with van der Waals surface area (Å²) in [4.78, 5) is 26.6. The summed E-state index contributed by atoms with van der Waals surface area (Å²) < 4.78 is 32.6. The molecule has 1 aliphatic rings. The number of carbonyl (C=O) groups is 1. The number of amides is 1. The molecule has 2 aromatic carbocycles. The molecule has 164 valence electrons. The zero-order chi connectivity index (χ0) is 22.2. The van der Waals surface area contributed by atoms with E-state index in [1.807, 2.05) is 32.0 Å². The van der Waals surface area contributed by atoms with Gasteiger partial charge >= 0.3 is 5.76 Å². The van der Waals surface area contributed by atoms with Crippen molar-refractivity contribution in [1.82, 2.24) is 14.6 Å². The van der Waals surface area contributed by atoms with Gasteiger partial charge < -0.3 is 9.73 Å². The molecule has 8 nitrogen and oxygen atoms in total. The van der Waals surface area contributed by atoms with Gasteiger partial charge in [-0.2, -0.15) is 4.31 Å². The van der Waals surface area contributed by atoms with E-state index < -0.39 is 21.7 Å². The van der Waals surface area contributed by atoms with Gasteiger partial charge in [-0.3, -0.25) is 9.78 Å². The fourth-order valence-corrected chi connectivity index (χ4v) is 5.47. The van der Waals surface area contributed by atoms with Crippen molar-refractivity contribution >= 4 is 27.0 Å². The SMILES string of the molecule is Cc1ccc(C)c(CNC(=O)[C@@H]2CCCN(S(=O)(=O)c3ccc4[nH]c(=O)oc4c3)C2)c1. The number of piperidine rings is 1. The summed E-state index contributed by atoms with van der Waals surface area (Å²) in [6.07, 6.45) is 1.23. The number of rotatable bonds is 5. The molecule has 1 fully saturated rings. The van der Waals surface area contributed by atoms with E-state index in [0.717, 1.165) is 16.7 Å². The number of fused-ring (bicyclic) bond motifs is 1. The fraction of sp³-hybridized carbons (Fsp3) is 0.364. The molecule has 2 heterocycles. The van der Waals surface area contributed by atoms with Crippen molar-refractivity contribution in [3.63, 3.8) is 0 Å². The van der Waals surface area contributed by atoms with Crippen molar-refractivity contribution in [2.45, 2.75) is 38.1 Å². The Hall–Kier alpha value is -2.91. The first kappa shape index (κ1) is 21.3. The maximum atomic E-state index is 13.1. The number of oxazole rings is 1. The molecule has 1 atom stereocenters. The predicted molar refractivity (Wildman–Crippen MR) is 116 cm³/mol. The Bertz CT molecular complexity index is 1290. The van der Waals surface area contributed by atoms with Crippen LogP contribution >= 0.6 is 0 Å². The number of hydrogen-bond acceptors (Lipinski definition) is 5. The van der Waals surface area contributed by atoms with Crippen LogP contribution in [0.1, 0.15) is 29.5 Å². The molecule has 0 unspecified atom stereocenters. The van der Waals surface area contributed by atoms with Gasteiger partial charge in [-0.05, 0) is 49.9 Å². The number of carbonyl (C=O) groups excluding carboxylic acids is 1. The second-order valence-corrected chi connectivity index (χ2v) is 9.96. The molecule has 1 aromatic heterocycles. The molecule has 2 N–H and O–H groups in total. The molecule has 1 saturated heterocycles. The number of nitrogens with zero attached hydrogens (tertiary/aromatic N) is 1. The summed E-state index contributed by atoms with van der Waals surface area (Å²) in [5, 5.41) is 2.96. The minimum absolute atomic E-state index is 0.0409. The molecule has 9 heteroatoms. The molecule has 31 heavy (non-hydrogen) atoms. The van der Waals surface area contributed by atoms with Crippen molar-refractivity contribution in [3.8, 4) is 0 Å². The van der Waals surface area contributed by atoms with E-state index >= 15 is 0 Å². The van der Waals surface area contributed by atoms with Gasteiger partial charge in [0, 0.05) is 25.7 Å². The minimum atomic E-state index is -3.81. The summed E-state index contributed by atoms with van der Waals surface area (Å²) in [7, 11) is -3.81. The predicted octanol–water partition coefficient (Wildman–Crippen LogP) is 2.46. The second-order valence-electron chi connectivity index (χ2n) is 8.02. The number of aryl methyl sites for hydroxylation is 2. The van der Waals surface area contributed by atoms with E-state index in [-0.39, 0.29) is 22.9 Å². The van der Waals surface area contributed by atoms with E-state index in [4.69, 9.17) is 4.42 Å². The highest BCUT2D eigenvalue weighted by molar-refractivity contribution is 7.89. The number of benzene rings is 2. The molecule has 1 aliphatic heterocycles. The molecule has 0 radical (unpaired) electrons. The Labute approximate surface area is 180 Å². The Morgan fingerprint density at radius 3 is 2.84 bits per heavy atom. The van der Waals surface area contributed by atoms with Gasteiger partial charge in [0.05, 0.1) is 16.3 Å². The van der Waals surface area contributed by atoms with Gasteiger partial charge in [-0.15, -0.1) is 0 Å². The first-order valence-electron chi connectivity index (χ1n) is 10.2. The standard InChI is InChI=1S/C22H25N3O5S/c1-14-5-6-15(2)17(10-14)12-23-21(26)16-4-3-9-25(13-16)31(28,29)18-7-8-19-20(11-18)30-22(27)24-19/h5-8,10-11,16H,3-4,9,12-13H2,1-2H3,(H,23,26)(H,24,27)/t16-/m1/s1. The Morgan fingerprint density at radius 1 is 1.23 bits per heavy atom. The topological polar surface area (TPSA) is 112 Å². The summed E-state index contributed by atoms with van der Waals surface area (Å²) in [5.41, 5.74) is 3.90. The number of H-pyrrole nitrogens is 1. The van der Waals surface area contributed by atoms with Crippen molar-refractivity contribution in [1.29, 1.82) is 0 Å². The number of hydrogen-bond donors (Lipinski definition) is 2. The van der Waals surface area contributed by atoms with Crippen LogP contribution in [0.2, 0.25) is 0 Å². The van der Waals surface area contributed by atoms with Gasteiger partial charge in [0.1, 0.15) is 0 Å². The lowest BCUT2D eigenvalue weighted by Crippen LogP contribution is -2.45. The highest BCUT2D eigenvalue weighted by Crippen LogP contribution is 2.26. The lowest BCUT2D eigenvalue weighted by atomic mass is 9.98. The summed E-state index contributed by atoms with van der Waals surface area (Å²) in [5.74, 6) is -1.20. The summed E-state index contributed by atoms with van der Waals surface area (Å²) in [6, 6.07) is 10.4. The normalized spacial score (nSPS) is 17.7. The van der Waals surface area contributed by atoms with E-state index in [2.05, 4.69) is 10.3 Å². The number of nitrogens with one attached hydrogen (secondary N) is 2. The third kappa shape index (κ3) is 4.42. The third-order valence-electron chi connectivity index (χ3n) is 5.74. The first-order valence-corrected chi connectivity index (χ1v) is 11.6. The highest BCUT2D eigenvalue weighted by atomic mass is 32.2. The van der Waals surface area contributed by atoms with Crippen LogP contribution in [0.4, 0.5) is 0 Å². The van der Waals surface area contributed by atoms with Crippen molar-refractivity contribution < 1.29 is 17.6 Å². The summed E-state index contributed by atoms with van der Waals surface area (Å²) in [6.45, 7) is 4.89. The van der Waals surface area contributed by atoms with Gasteiger partial charge in [0.25, 0.3) is 0 Å². The van der Waals surface area contributed by atoms with Gasteiger partial charge in [0.15, 0.2) is 5.58 Å². The van der Waals surface area contributed by atoms with Crippen LogP contribution in [0.3, 0.4) is 0 Å². The van der Waals surface area contributed by atoms with Crippen LogP contribution in [-0.2, 0) is 21.4 Å². The van der Waals surface area contributed by atoms with Crippen molar-refractivity contribution in [2.75, 3.05) is 13.1 Å². The van der Waals surface area contributed by atoms with Crippen molar-refractivity contribution in [2.24, 2.45) is 5.92 Å². The average molecular weight is 444 g/mol. The molecule has 4 rings (SSSR count). The Kier molecular flexibility index (Phi) is 5.72. The van der Waals surface area contributed by atoms with Gasteiger partial charge in [0.2, 0.25) is 15.9 Å². The Balaban J connectivity index is 1.47. The molecule has 0 bridgehead atoms. The molecule has 1 amide bonds. The zero-order valence-electron chi connectivity index (χ0n) is 17.5. The number of aromatic amines is 1. The summed E-state index contributed by atoms with van der Waals surface area (Å²) >= 11 is 0. The van der Waals surface area contributed by atoms with Crippen molar-refractivity contribution in [3.05, 3.63) is 63.6 Å². The molecule has 0 aliphatic carbocycles. The smallest absolute Gasteiger partial charge is 0.408 e. The first-order chi connectivity index (χ1) is 14.7. The molecule has 0 spiro atoms. The highest BCUT2D eigenvalue weighted by Gasteiger charge is 2.33. The number of sulfonamides is 1. The quantitative estimate of drug-likeness (QED) is 0.629. The van der Waals surface area contributed by atoms with E-state index in [1.54, 1.807) is 0 Å². The van der Waals surface area contributed by atoms with Gasteiger partial charge in [-0.1, -0.05) is 23.8 Å². The maximum absolute atomic E-state index is 13.1. The molecular weight excluding hydrogens is 418 g/mol. The van der Waals surface area contributed by atoms with Crippen LogP contribution in [0, 0.1) is 19.8 Å². The maximum Gasteiger partial charge on any atom is 0.417 e. The zero-order valence-corrected chi connectivity index (χ0v) is 18.3. The second kappa shape index (κ2) is 8.32. The fourth-order valence-electron chi connectivity index (χ4n) is 3.93. The molecule has 3 aromatic rings. The van der Waals surface area contributed by atoms with Gasteiger partial charge in [-0.25, -0.2) is 13.2 Å². The van der Waals surface area contributed by atoms with Crippen LogP contribution in [-0.4, -0.2) is 36.7 Å². The van der Waals surface area contributed by atoms with Crippen LogP contribution in [0.15, 0.2) is 50.5 Å². The molecular formula is C22H25N3O5S. The van der Waals surface area contributed by atoms with E-state index in [0.29, 0.717) is 31.4 Å². The lowest BCUT2D eigenvalue weighted by molar-refractivity contribution is -0.126. The molecule has 0 saturated carbocycles. The minimum Gasteiger partial charge on any atom is -0.408 e. The van der Waals surface area contributed by atoms with Crippen LogP contribution in [0.5, 0.6) is 0 Å². The largest absolute Gasteiger partial charge is 0.417 e. The number of aromatic nitrogens is 1. The third-order valence-corrected chi connectivity index (χ3v) is 7.60.